The average Bonchev–Trinajstić information content (AvgIpc) is 2.87. The molecule has 0 spiro atoms. The van der Waals surface area contributed by atoms with E-state index in [-0.39, 0.29) is 6.29 Å². The monoisotopic (exact) mass is 259 g/mol. The van der Waals surface area contributed by atoms with Crippen LogP contribution in [-0.4, -0.2) is 45.3 Å². The Labute approximate surface area is 111 Å². The second kappa shape index (κ2) is 10.7. The molecule has 0 unspecified atom stereocenters. The Balaban J connectivity index is 1.89. The van der Waals surface area contributed by atoms with Crippen molar-refractivity contribution in [2.75, 3.05) is 32.9 Å². The maximum atomic E-state index is 5.78. The van der Waals surface area contributed by atoms with Crippen LogP contribution in [0.1, 0.15) is 46.0 Å². The van der Waals surface area contributed by atoms with Crippen molar-refractivity contribution in [2.45, 2.75) is 58.3 Å². The zero-order valence-electron chi connectivity index (χ0n) is 12.0. The van der Waals surface area contributed by atoms with Gasteiger partial charge >= 0.3 is 0 Å². The zero-order valence-corrected chi connectivity index (χ0v) is 12.0. The fourth-order valence-corrected chi connectivity index (χ4v) is 2.28. The molecule has 0 amide bonds. The Hall–Kier alpha value is -0.160. The number of nitrogens with one attached hydrogen (secondary N) is 1. The summed E-state index contributed by atoms with van der Waals surface area (Å²) in [6.07, 6.45) is 6.51. The highest BCUT2D eigenvalue weighted by Crippen LogP contribution is 2.20. The molecule has 4 nitrogen and oxygen atoms in total. The van der Waals surface area contributed by atoms with E-state index in [0.29, 0.717) is 19.3 Å². The third-order valence-electron chi connectivity index (χ3n) is 3.20. The fraction of sp³-hybridized carbons (Fsp3) is 1.00. The first-order chi connectivity index (χ1) is 8.86. The Bertz CT molecular complexity index is 178. The van der Waals surface area contributed by atoms with Crippen LogP contribution in [0.4, 0.5) is 0 Å². The minimum Gasteiger partial charge on any atom is -0.377 e. The largest absolute Gasteiger partial charge is 0.377 e. The maximum absolute atomic E-state index is 5.78. The minimum absolute atomic E-state index is 0.0664. The smallest absolute Gasteiger partial charge is 0.158 e. The first-order valence-corrected chi connectivity index (χ1v) is 7.42. The van der Waals surface area contributed by atoms with Gasteiger partial charge in [-0.1, -0.05) is 12.8 Å². The summed E-state index contributed by atoms with van der Waals surface area (Å²) < 4.78 is 16.7. The van der Waals surface area contributed by atoms with Crippen molar-refractivity contribution in [3.8, 4) is 0 Å². The molecule has 0 heterocycles. The van der Waals surface area contributed by atoms with Crippen LogP contribution in [-0.2, 0) is 14.2 Å². The maximum Gasteiger partial charge on any atom is 0.158 e. The summed E-state index contributed by atoms with van der Waals surface area (Å²) in [7, 11) is 0. The summed E-state index contributed by atoms with van der Waals surface area (Å²) in [5, 5.41) is 3.37. The van der Waals surface area contributed by atoms with E-state index in [2.05, 4.69) is 5.32 Å². The van der Waals surface area contributed by atoms with Gasteiger partial charge in [0.05, 0.1) is 12.7 Å². The van der Waals surface area contributed by atoms with Crippen molar-refractivity contribution in [3.05, 3.63) is 0 Å². The summed E-state index contributed by atoms with van der Waals surface area (Å²) in [4.78, 5) is 0. The van der Waals surface area contributed by atoms with Crippen molar-refractivity contribution in [3.63, 3.8) is 0 Å². The van der Waals surface area contributed by atoms with Crippen LogP contribution in [0, 0.1) is 0 Å². The van der Waals surface area contributed by atoms with E-state index in [4.69, 9.17) is 14.2 Å². The van der Waals surface area contributed by atoms with Gasteiger partial charge in [-0.2, -0.15) is 0 Å². The van der Waals surface area contributed by atoms with Crippen molar-refractivity contribution in [1.82, 2.24) is 5.32 Å². The molecule has 18 heavy (non-hydrogen) atoms. The van der Waals surface area contributed by atoms with E-state index in [1.807, 2.05) is 13.8 Å². The summed E-state index contributed by atoms with van der Waals surface area (Å²) in [6.45, 7) is 8.05. The van der Waals surface area contributed by atoms with Gasteiger partial charge in [0.1, 0.15) is 0 Å². The van der Waals surface area contributed by atoms with Crippen LogP contribution in [0.2, 0.25) is 0 Å². The molecule has 1 aliphatic carbocycles. The second-order valence-electron chi connectivity index (χ2n) is 4.66. The molecule has 0 aliphatic heterocycles. The number of hydrogen-bond acceptors (Lipinski definition) is 4. The van der Waals surface area contributed by atoms with Gasteiger partial charge < -0.3 is 19.5 Å². The predicted octanol–water partition coefficient (Wildman–Crippen LogP) is 2.32. The molecule has 4 heteroatoms. The lowest BCUT2D eigenvalue weighted by atomic mass is 10.3. The number of hydrogen-bond donors (Lipinski definition) is 1. The Morgan fingerprint density at radius 3 is 2.33 bits per heavy atom. The van der Waals surface area contributed by atoms with E-state index in [0.717, 1.165) is 26.1 Å². The van der Waals surface area contributed by atoms with Crippen molar-refractivity contribution < 1.29 is 14.2 Å². The molecule has 0 aromatic rings. The molecule has 0 bridgehead atoms. The average molecular weight is 259 g/mol. The highest BCUT2D eigenvalue weighted by molar-refractivity contribution is 4.66. The first-order valence-electron chi connectivity index (χ1n) is 7.42. The standard InChI is InChI=1S/C14H29NO3/c1-3-16-14(17-4-2)9-10-15-11-12-18-13-7-5-6-8-13/h13-15H,3-12H2,1-2H3. The van der Waals surface area contributed by atoms with Crippen LogP contribution in [0.5, 0.6) is 0 Å². The third kappa shape index (κ3) is 7.31. The number of rotatable bonds is 11. The van der Waals surface area contributed by atoms with Crippen LogP contribution in [0.15, 0.2) is 0 Å². The first kappa shape index (κ1) is 15.9. The van der Waals surface area contributed by atoms with Gasteiger partial charge in [0, 0.05) is 32.7 Å². The number of ether oxygens (including phenoxy) is 3. The Kier molecular flexibility index (Phi) is 9.48. The van der Waals surface area contributed by atoms with E-state index in [1.165, 1.54) is 25.7 Å². The molecule has 1 saturated carbocycles. The molecule has 108 valence electrons. The van der Waals surface area contributed by atoms with Crippen LogP contribution >= 0.6 is 0 Å². The Morgan fingerprint density at radius 2 is 1.72 bits per heavy atom. The highest BCUT2D eigenvalue weighted by Gasteiger charge is 2.14. The summed E-state index contributed by atoms with van der Waals surface area (Å²) in [5.74, 6) is 0. The van der Waals surface area contributed by atoms with Gasteiger partial charge in [-0.15, -0.1) is 0 Å². The lowest BCUT2D eigenvalue weighted by Crippen LogP contribution is -2.27. The van der Waals surface area contributed by atoms with Crippen molar-refractivity contribution in [1.29, 1.82) is 0 Å². The quantitative estimate of drug-likeness (QED) is 0.456. The molecular formula is C14H29NO3. The van der Waals surface area contributed by atoms with E-state index >= 15 is 0 Å². The van der Waals surface area contributed by atoms with Gasteiger partial charge in [-0.25, -0.2) is 0 Å². The molecule has 0 radical (unpaired) electrons. The minimum atomic E-state index is -0.0664. The molecular weight excluding hydrogens is 230 g/mol. The molecule has 0 aromatic carbocycles. The van der Waals surface area contributed by atoms with Gasteiger partial charge in [0.2, 0.25) is 0 Å². The Morgan fingerprint density at radius 1 is 1.06 bits per heavy atom. The molecule has 1 fully saturated rings. The second-order valence-corrected chi connectivity index (χ2v) is 4.66. The molecule has 0 aromatic heterocycles. The van der Waals surface area contributed by atoms with Crippen molar-refractivity contribution in [2.24, 2.45) is 0 Å². The molecule has 1 N–H and O–H groups in total. The van der Waals surface area contributed by atoms with Crippen LogP contribution in [0.3, 0.4) is 0 Å². The van der Waals surface area contributed by atoms with Gasteiger partial charge in [0.25, 0.3) is 0 Å². The SMILES string of the molecule is CCOC(CCNCCOC1CCCC1)OCC. The predicted molar refractivity (Wildman–Crippen MR) is 72.7 cm³/mol. The van der Waals surface area contributed by atoms with Gasteiger partial charge in [-0.3, -0.25) is 0 Å². The van der Waals surface area contributed by atoms with E-state index < -0.39 is 0 Å². The van der Waals surface area contributed by atoms with Gasteiger partial charge in [-0.05, 0) is 26.7 Å². The summed E-state index contributed by atoms with van der Waals surface area (Å²) in [5.41, 5.74) is 0. The normalized spacial score (nSPS) is 16.8. The fourth-order valence-electron chi connectivity index (χ4n) is 2.28. The molecule has 1 aliphatic rings. The van der Waals surface area contributed by atoms with Gasteiger partial charge in [0.15, 0.2) is 6.29 Å². The third-order valence-corrected chi connectivity index (χ3v) is 3.20. The zero-order chi connectivity index (χ0) is 13.1. The summed E-state index contributed by atoms with van der Waals surface area (Å²) in [6, 6.07) is 0. The van der Waals surface area contributed by atoms with E-state index in [1.54, 1.807) is 0 Å². The van der Waals surface area contributed by atoms with Crippen LogP contribution < -0.4 is 5.32 Å². The lowest BCUT2D eigenvalue weighted by Gasteiger charge is -2.17. The molecule has 0 saturated heterocycles. The molecule has 1 rings (SSSR count). The molecule has 0 atom stereocenters. The summed E-state index contributed by atoms with van der Waals surface area (Å²) >= 11 is 0. The lowest BCUT2D eigenvalue weighted by molar-refractivity contribution is -0.138. The highest BCUT2D eigenvalue weighted by atomic mass is 16.7. The van der Waals surface area contributed by atoms with E-state index in [9.17, 15) is 0 Å². The van der Waals surface area contributed by atoms with Crippen LogP contribution in [0.25, 0.3) is 0 Å². The van der Waals surface area contributed by atoms with Crippen molar-refractivity contribution >= 4 is 0 Å². The topological polar surface area (TPSA) is 39.7 Å².